The average molecular weight is 309 g/mol. The molecule has 0 fully saturated rings. The molecule has 8 heteroatoms. The van der Waals surface area contributed by atoms with Crippen LogP contribution in [-0.2, 0) is 13.1 Å². The maximum absolute atomic E-state index is 12.1. The van der Waals surface area contributed by atoms with Crippen molar-refractivity contribution in [2.24, 2.45) is 0 Å². The summed E-state index contributed by atoms with van der Waals surface area (Å²) >= 11 is 5.99. The molecule has 0 saturated carbocycles. The van der Waals surface area contributed by atoms with Gasteiger partial charge < -0.3 is 5.32 Å². The number of carbonyl (C=O) groups is 1. The van der Waals surface area contributed by atoms with Crippen LogP contribution in [0.2, 0.25) is 5.02 Å². The highest BCUT2D eigenvalue weighted by Gasteiger charge is 2.19. The number of nitrogens with zero attached hydrogens (tertiary/aromatic N) is 3. The van der Waals surface area contributed by atoms with Gasteiger partial charge in [-0.05, 0) is 13.0 Å². The summed E-state index contributed by atoms with van der Waals surface area (Å²) in [6.07, 6.45) is 1.50. The van der Waals surface area contributed by atoms with Crippen molar-refractivity contribution in [3.8, 4) is 0 Å². The lowest BCUT2D eigenvalue weighted by Crippen LogP contribution is -2.25. The van der Waals surface area contributed by atoms with Gasteiger partial charge >= 0.3 is 0 Å². The molecular weight excluding hydrogens is 296 g/mol. The average Bonchev–Trinajstić information content (AvgIpc) is 2.85. The van der Waals surface area contributed by atoms with Crippen molar-refractivity contribution in [1.82, 2.24) is 15.1 Å². The fraction of sp³-hybridized carbons (Fsp3) is 0.231. The summed E-state index contributed by atoms with van der Waals surface area (Å²) in [5, 5.41) is 18.0. The Labute approximate surface area is 125 Å². The van der Waals surface area contributed by atoms with Gasteiger partial charge in [-0.25, -0.2) is 0 Å². The van der Waals surface area contributed by atoms with Crippen LogP contribution in [0.5, 0.6) is 0 Å². The first-order valence-electron chi connectivity index (χ1n) is 6.26. The number of aryl methyl sites for hydroxylation is 1. The maximum atomic E-state index is 12.1. The predicted octanol–water partition coefficient (Wildman–Crippen LogP) is 2.39. The largest absolute Gasteiger partial charge is 0.346 e. The molecule has 2 rings (SSSR count). The standard InChI is InChI=1S/C13H13ClN4O3/c1-2-17-12(10(14)7-16-17)8-15-13(19)9-5-3-4-6-11(9)18(20)21/h3-7H,2,8H2,1H3,(H,15,19). The molecule has 21 heavy (non-hydrogen) atoms. The molecule has 0 spiro atoms. The molecule has 0 aliphatic heterocycles. The second-order valence-electron chi connectivity index (χ2n) is 4.21. The molecular formula is C13H13ClN4O3. The van der Waals surface area contributed by atoms with E-state index in [-0.39, 0.29) is 17.8 Å². The zero-order valence-electron chi connectivity index (χ0n) is 11.2. The number of nitro benzene ring substituents is 1. The van der Waals surface area contributed by atoms with E-state index in [0.717, 1.165) is 0 Å². The Hall–Kier alpha value is -2.41. The van der Waals surface area contributed by atoms with Crippen molar-refractivity contribution >= 4 is 23.2 Å². The van der Waals surface area contributed by atoms with Crippen molar-refractivity contribution in [3.05, 3.63) is 56.9 Å². The number of hydrogen-bond donors (Lipinski definition) is 1. The first kappa shape index (κ1) is 15.0. The van der Waals surface area contributed by atoms with Gasteiger partial charge in [-0.15, -0.1) is 0 Å². The maximum Gasteiger partial charge on any atom is 0.282 e. The number of rotatable bonds is 5. The van der Waals surface area contributed by atoms with E-state index in [1.165, 1.54) is 24.4 Å². The van der Waals surface area contributed by atoms with E-state index in [4.69, 9.17) is 11.6 Å². The fourth-order valence-electron chi connectivity index (χ4n) is 1.92. The highest BCUT2D eigenvalue weighted by Crippen LogP contribution is 2.18. The highest BCUT2D eigenvalue weighted by atomic mass is 35.5. The normalized spacial score (nSPS) is 10.4. The van der Waals surface area contributed by atoms with Crippen LogP contribution in [0, 0.1) is 10.1 Å². The summed E-state index contributed by atoms with van der Waals surface area (Å²) in [4.78, 5) is 22.4. The topological polar surface area (TPSA) is 90.1 Å². The van der Waals surface area contributed by atoms with E-state index < -0.39 is 10.8 Å². The minimum absolute atomic E-state index is 0.0150. The molecule has 0 aliphatic carbocycles. The molecule has 0 saturated heterocycles. The summed E-state index contributed by atoms with van der Waals surface area (Å²) in [6.45, 7) is 2.66. The van der Waals surface area contributed by atoms with E-state index in [9.17, 15) is 14.9 Å². The third-order valence-electron chi connectivity index (χ3n) is 2.96. The van der Waals surface area contributed by atoms with E-state index >= 15 is 0 Å². The van der Waals surface area contributed by atoms with Crippen LogP contribution in [0.15, 0.2) is 30.5 Å². The molecule has 1 aromatic carbocycles. The summed E-state index contributed by atoms with van der Waals surface area (Å²) in [5.41, 5.74) is 0.442. The third-order valence-corrected chi connectivity index (χ3v) is 3.27. The summed E-state index contributed by atoms with van der Waals surface area (Å²) in [6, 6.07) is 5.79. The van der Waals surface area contributed by atoms with Gasteiger partial charge in [0.25, 0.3) is 11.6 Å². The quantitative estimate of drug-likeness (QED) is 0.678. The number of para-hydroxylation sites is 1. The van der Waals surface area contributed by atoms with Gasteiger partial charge in [0.05, 0.1) is 28.4 Å². The lowest BCUT2D eigenvalue weighted by Gasteiger charge is -2.08. The van der Waals surface area contributed by atoms with Gasteiger partial charge in [-0.3, -0.25) is 19.6 Å². The first-order valence-corrected chi connectivity index (χ1v) is 6.64. The number of halogens is 1. The van der Waals surface area contributed by atoms with Gasteiger partial charge in [0.15, 0.2) is 0 Å². The molecule has 2 aromatic rings. The SMILES string of the molecule is CCn1ncc(Cl)c1CNC(=O)c1ccccc1[N+](=O)[O-]. The summed E-state index contributed by atoms with van der Waals surface area (Å²) in [5.74, 6) is -0.526. The Morgan fingerprint density at radius 1 is 1.48 bits per heavy atom. The smallest absolute Gasteiger partial charge is 0.282 e. The van der Waals surface area contributed by atoms with Crippen LogP contribution in [0.4, 0.5) is 5.69 Å². The molecule has 1 N–H and O–H groups in total. The number of carbonyl (C=O) groups excluding carboxylic acids is 1. The van der Waals surface area contributed by atoms with Crippen LogP contribution in [-0.4, -0.2) is 20.6 Å². The monoisotopic (exact) mass is 308 g/mol. The molecule has 0 unspecified atom stereocenters. The van der Waals surface area contributed by atoms with Gasteiger partial charge in [0, 0.05) is 12.6 Å². The minimum Gasteiger partial charge on any atom is -0.346 e. The Balaban J connectivity index is 2.16. The van der Waals surface area contributed by atoms with Crippen LogP contribution < -0.4 is 5.32 Å². The van der Waals surface area contributed by atoms with Crippen LogP contribution in [0.3, 0.4) is 0 Å². The molecule has 1 heterocycles. The Bertz CT molecular complexity index is 684. The number of benzene rings is 1. The van der Waals surface area contributed by atoms with Crippen molar-refractivity contribution in [1.29, 1.82) is 0 Å². The Morgan fingerprint density at radius 2 is 2.19 bits per heavy atom. The van der Waals surface area contributed by atoms with E-state index in [0.29, 0.717) is 17.3 Å². The van der Waals surface area contributed by atoms with Crippen molar-refractivity contribution in [2.45, 2.75) is 20.0 Å². The Morgan fingerprint density at radius 3 is 2.86 bits per heavy atom. The zero-order valence-corrected chi connectivity index (χ0v) is 12.0. The first-order chi connectivity index (χ1) is 10.0. The van der Waals surface area contributed by atoms with E-state index in [1.54, 1.807) is 10.7 Å². The van der Waals surface area contributed by atoms with Crippen molar-refractivity contribution in [2.75, 3.05) is 0 Å². The van der Waals surface area contributed by atoms with Gasteiger partial charge in [0.1, 0.15) is 5.56 Å². The van der Waals surface area contributed by atoms with Crippen LogP contribution >= 0.6 is 11.6 Å². The van der Waals surface area contributed by atoms with Crippen molar-refractivity contribution < 1.29 is 9.72 Å². The zero-order chi connectivity index (χ0) is 15.4. The van der Waals surface area contributed by atoms with Crippen LogP contribution in [0.25, 0.3) is 0 Å². The lowest BCUT2D eigenvalue weighted by molar-refractivity contribution is -0.385. The second-order valence-corrected chi connectivity index (χ2v) is 4.62. The van der Waals surface area contributed by atoms with E-state index in [1.807, 2.05) is 6.92 Å². The van der Waals surface area contributed by atoms with Gasteiger partial charge in [-0.1, -0.05) is 23.7 Å². The number of aromatic nitrogens is 2. The summed E-state index contributed by atoms with van der Waals surface area (Å²) in [7, 11) is 0. The predicted molar refractivity (Wildman–Crippen MR) is 77.2 cm³/mol. The number of nitrogens with one attached hydrogen (secondary N) is 1. The molecule has 1 aromatic heterocycles. The highest BCUT2D eigenvalue weighted by molar-refractivity contribution is 6.31. The van der Waals surface area contributed by atoms with Gasteiger partial charge in [0.2, 0.25) is 0 Å². The molecule has 0 radical (unpaired) electrons. The number of hydrogen-bond acceptors (Lipinski definition) is 4. The molecule has 7 nitrogen and oxygen atoms in total. The summed E-state index contributed by atoms with van der Waals surface area (Å²) < 4.78 is 1.65. The Kier molecular flexibility index (Phi) is 4.54. The molecule has 0 bridgehead atoms. The van der Waals surface area contributed by atoms with Crippen molar-refractivity contribution in [3.63, 3.8) is 0 Å². The molecule has 0 atom stereocenters. The van der Waals surface area contributed by atoms with Gasteiger partial charge in [-0.2, -0.15) is 5.10 Å². The minimum atomic E-state index is -0.585. The van der Waals surface area contributed by atoms with Crippen LogP contribution in [0.1, 0.15) is 23.0 Å². The number of amides is 1. The number of nitro groups is 1. The lowest BCUT2D eigenvalue weighted by atomic mass is 10.1. The molecule has 110 valence electrons. The third kappa shape index (κ3) is 3.19. The molecule has 1 amide bonds. The fourth-order valence-corrected chi connectivity index (χ4v) is 2.13. The molecule has 0 aliphatic rings. The van der Waals surface area contributed by atoms with E-state index in [2.05, 4.69) is 10.4 Å². The second kappa shape index (κ2) is 6.36.